The lowest BCUT2D eigenvalue weighted by molar-refractivity contribution is -0.116. The number of aromatic amines is 1. The van der Waals surface area contributed by atoms with Crippen LogP contribution in [0.5, 0.6) is 0 Å². The molecule has 7 nitrogen and oxygen atoms in total. The fourth-order valence-corrected chi connectivity index (χ4v) is 5.21. The van der Waals surface area contributed by atoms with Crippen molar-refractivity contribution in [1.29, 1.82) is 0 Å². The first kappa shape index (κ1) is 21.8. The summed E-state index contributed by atoms with van der Waals surface area (Å²) in [6, 6.07) is 20.9. The van der Waals surface area contributed by atoms with E-state index in [9.17, 15) is 9.59 Å². The van der Waals surface area contributed by atoms with E-state index < -0.39 is 5.76 Å². The monoisotopic (exact) mass is 484 g/mol. The van der Waals surface area contributed by atoms with Crippen LogP contribution in [0.25, 0.3) is 33.1 Å². The highest BCUT2D eigenvalue weighted by molar-refractivity contribution is 7.14. The van der Waals surface area contributed by atoms with E-state index in [1.165, 1.54) is 40.5 Å². The van der Waals surface area contributed by atoms with Crippen molar-refractivity contribution in [3.05, 3.63) is 82.2 Å². The zero-order valence-electron chi connectivity index (χ0n) is 19.0. The molecule has 35 heavy (non-hydrogen) atoms. The molecule has 8 heteroatoms. The van der Waals surface area contributed by atoms with Crippen molar-refractivity contribution in [3.8, 4) is 11.3 Å². The van der Waals surface area contributed by atoms with E-state index in [0.717, 1.165) is 17.8 Å². The summed E-state index contributed by atoms with van der Waals surface area (Å²) < 4.78 is 5.14. The highest BCUT2D eigenvalue weighted by atomic mass is 32.1. The number of thiazole rings is 1. The van der Waals surface area contributed by atoms with Crippen LogP contribution in [0.4, 0.5) is 5.13 Å². The number of hydrogen-bond acceptors (Lipinski definition) is 6. The van der Waals surface area contributed by atoms with Gasteiger partial charge in [0.1, 0.15) is 0 Å². The van der Waals surface area contributed by atoms with Gasteiger partial charge in [-0.1, -0.05) is 48.5 Å². The lowest BCUT2D eigenvalue weighted by Gasteiger charge is -2.22. The van der Waals surface area contributed by atoms with Gasteiger partial charge in [-0.15, -0.1) is 11.3 Å². The third kappa shape index (κ3) is 4.76. The molecule has 6 rings (SSSR count). The third-order valence-corrected chi connectivity index (χ3v) is 7.17. The predicted molar refractivity (Wildman–Crippen MR) is 139 cm³/mol. The van der Waals surface area contributed by atoms with Crippen LogP contribution in [-0.2, 0) is 11.3 Å². The molecule has 1 fully saturated rings. The topological polar surface area (TPSA) is 91.2 Å². The van der Waals surface area contributed by atoms with E-state index in [0.29, 0.717) is 35.2 Å². The molecule has 0 radical (unpaired) electrons. The van der Waals surface area contributed by atoms with Gasteiger partial charge in [0.05, 0.1) is 11.2 Å². The molecule has 0 spiro atoms. The maximum absolute atomic E-state index is 12.7. The number of anilines is 1. The minimum Gasteiger partial charge on any atom is -0.408 e. The highest BCUT2D eigenvalue weighted by Crippen LogP contribution is 2.31. The summed E-state index contributed by atoms with van der Waals surface area (Å²) in [6.07, 6.45) is 2.79. The first-order valence-corrected chi connectivity index (χ1v) is 12.6. The second-order valence-electron chi connectivity index (χ2n) is 8.90. The number of oxazole rings is 1. The lowest BCUT2D eigenvalue weighted by atomic mass is 10.0. The molecule has 2 heterocycles. The first-order valence-electron chi connectivity index (χ1n) is 11.7. The number of carbonyl (C=O) groups excluding carboxylic acids is 1. The summed E-state index contributed by atoms with van der Waals surface area (Å²) in [7, 11) is 0. The summed E-state index contributed by atoms with van der Waals surface area (Å²) in [5.74, 6) is -0.523. The Morgan fingerprint density at radius 3 is 2.89 bits per heavy atom. The SMILES string of the molecule is O=C(CCN(Cc1cccc2ccccc12)C1CC1)Nc1nc(-c2ccc3[nH]c(=O)oc3c2)cs1. The van der Waals surface area contributed by atoms with Gasteiger partial charge in [0.2, 0.25) is 5.91 Å². The third-order valence-electron chi connectivity index (χ3n) is 6.41. The van der Waals surface area contributed by atoms with Gasteiger partial charge in [-0.2, -0.15) is 0 Å². The lowest BCUT2D eigenvalue weighted by Crippen LogP contribution is -2.29. The Labute approximate surface area is 205 Å². The molecule has 1 saturated carbocycles. The van der Waals surface area contributed by atoms with Crippen LogP contribution in [0.15, 0.2) is 75.3 Å². The van der Waals surface area contributed by atoms with Crippen molar-refractivity contribution in [2.45, 2.75) is 31.8 Å². The molecule has 1 aliphatic carbocycles. The van der Waals surface area contributed by atoms with Crippen molar-refractivity contribution in [1.82, 2.24) is 14.9 Å². The van der Waals surface area contributed by atoms with E-state index in [1.54, 1.807) is 12.1 Å². The molecule has 2 N–H and O–H groups in total. The average Bonchev–Trinajstić information content (AvgIpc) is 3.49. The Balaban J connectivity index is 1.10. The molecule has 0 saturated heterocycles. The summed E-state index contributed by atoms with van der Waals surface area (Å²) in [4.78, 5) is 33.7. The first-order chi connectivity index (χ1) is 17.1. The number of nitrogens with zero attached hydrogens (tertiary/aromatic N) is 2. The molecular weight excluding hydrogens is 460 g/mol. The number of carbonyl (C=O) groups is 1. The Kier molecular flexibility index (Phi) is 5.67. The fraction of sp³-hybridized carbons (Fsp3) is 0.222. The summed E-state index contributed by atoms with van der Waals surface area (Å²) in [5, 5.41) is 7.92. The van der Waals surface area contributed by atoms with E-state index in [2.05, 4.69) is 62.6 Å². The summed E-state index contributed by atoms with van der Waals surface area (Å²) >= 11 is 1.38. The predicted octanol–water partition coefficient (Wildman–Crippen LogP) is 5.39. The standard InChI is InChI=1S/C27H24N4O3S/c32-25(30-26-28-23(16-35-26)18-8-11-22-24(14-18)34-27(33)29-22)12-13-31(20-9-10-20)15-19-6-3-5-17-4-1-2-7-21(17)19/h1-8,11,14,16,20H,9-10,12-13,15H2,(H,29,33)(H,28,30,32). The second-order valence-corrected chi connectivity index (χ2v) is 9.76. The van der Waals surface area contributed by atoms with Crippen molar-refractivity contribution >= 4 is 44.2 Å². The Morgan fingerprint density at radius 1 is 1.14 bits per heavy atom. The zero-order chi connectivity index (χ0) is 23.8. The Bertz CT molecular complexity index is 1570. The normalized spacial score (nSPS) is 13.6. The average molecular weight is 485 g/mol. The largest absolute Gasteiger partial charge is 0.417 e. The van der Waals surface area contributed by atoms with E-state index in [-0.39, 0.29) is 5.91 Å². The molecule has 0 atom stereocenters. The molecule has 0 aliphatic heterocycles. The number of rotatable bonds is 8. The van der Waals surface area contributed by atoms with Crippen molar-refractivity contribution in [3.63, 3.8) is 0 Å². The van der Waals surface area contributed by atoms with Crippen LogP contribution in [0.1, 0.15) is 24.8 Å². The van der Waals surface area contributed by atoms with E-state index in [4.69, 9.17) is 4.42 Å². The summed E-state index contributed by atoms with van der Waals surface area (Å²) in [6.45, 7) is 1.56. The molecule has 0 unspecified atom stereocenters. The van der Waals surface area contributed by atoms with Crippen molar-refractivity contribution in [2.75, 3.05) is 11.9 Å². The minimum atomic E-state index is -0.482. The minimum absolute atomic E-state index is 0.0402. The van der Waals surface area contributed by atoms with Crippen LogP contribution in [0.3, 0.4) is 0 Å². The van der Waals surface area contributed by atoms with Crippen LogP contribution >= 0.6 is 11.3 Å². The molecule has 0 bridgehead atoms. The van der Waals surface area contributed by atoms with Crippen LogP contribution in [0, 0.1) is 0 Å². The smallest absolute Gasteiger partial charge is 0.408 e. The van der Waals surface area contributed by atoms with Crippen LogP contribution in [0.2, 0.25) is 0 Å². The van der Waals surface area contributed by atoms with Crippen LogP contribution < -0.4 is 11.1 Å². The number of nitrogens with one attached hydrogen (secondary N) is 2. The van der Waals surface area contributed by atoms with E-state index in [1.807, 2.05) is 11.4 Å². The van der Waals surface area contributed by atoms with Gasteiger partial charge in [0.15, 0.2) is 10.7 Å². The van der Waals surface area contributed by atoms with Crippen molar-refractivity contribution < 1.29 is 9.21 Å². The number of hydrogen-bond donors (Lipinski definition) is 2. The maximum Gasteiger partial charge on any atom is 0.417 e. The quantitative estimate of drug-likeness (QED) is 0.308. The molecule has 2 aromatic heterocycles. The summed E-state index contributed by atoms with van der Waals surface area (Å²) in [5.41, 5.74) is 3.98. The maximum atomic E-state index is 12.7. The number of benzene rings is 3. The van der Waals surface area contributed by atoms with Crippen molar-refractivity contribution in [2.24, 2.45) is 0 Å². The Hall–Kier alpha value is -3.75. The van der Waals surface area contributed by atoms with Gasteiger partial charge in [0, 0.05) is 36.5 Å². The molecule has 5 aromatic rings. The number of amides is 1. The molecule has 3 aromatic carbocycles. The molecular formula is C27H24N4O3S. The van der Waals surface area contributed by atoms with Gasteiger partial charge in [0.25, 0.3) is 0 Å². The van der Waals surface area contributed by atoms with Gasteiger partial charge in [-0.05, 0) is 41.3 Å². The number of fused-ring (bicyclic) bond motifs is 2. The Morgan fingerprint density at radius 2 is 2.00 bits per heavy atom. The molecule has 176 valence electrons. The zero-order valence-corrected chi connectivity index (χ0v) is 19.8. The number of H-pyrrole nitrogens is 1. The second kappa shape index (κ2) is 9.13. The van der Waals surface area contributed by atoms with Crippen LogP contribution in [-0.4, -0.2) is 33.4 Å². The van der Waals surface area contributed by atoms with Gasteiger partial charge < -0.3 is 9.73 Å². The number of aromatic nitrogens is 2. The van der Waals surface area contributed by atoms with Gasteiger partial charge in [-0.25, -0.2) is 9.78 Å². The van der Waals surface area contributed by atoms with Gasteiger partial charge >= 0.3 is 5.76 Å². The molecule has 1 amide bonds. The highest BCUT2D eigenvalue weighted by Gasteiger charge is 2.29. The molecule has 1 aliphatic rings. The van der Waals surface area contributed by atoms with E-state index >= 15 is 0 Å². The fourth-order valence-electron chi connectivity index (χ4n) is 4.47. The van der Waals surface area contributed by atoms with Gasteiger partial charge in [-0.3, -0.25) is 14.7 Å².